The van der Waals surface area contributed by atoms with Crippen LogP contribution in [-0.4, -0.2) is 32.0 Å². The van der Waals surface area contributed by atoms with Gasteiger partial charge in [-0.05, 0) is 90.7 Å². The molecule has 0 aromatic heterocycles. The Hall–Kier alpha value is -3.00. The van der Waals surface area contributed by atoms with Crippen molar-refractivity contribution in [1.82, 2.24) is 4.72 Å². The van der Waals surface area contributed by atoms with Gasteiger partial charge in [-0.2, -0.15) is 0 Å². The monoisotopic (exact) mass is 488 g/mol. The van der Waals surface area contributed by atoms with Crippen molar-refractivity contribution in [3.8, 4) is 22.6 Å². The van der Waals surface area contributed by atoms with E-state index in [2.05, 4.69) is 40.4 Å². The Bertz CT molecular complexity index is 1220. The number of fused-ring (bicyclic) bond motifs is 1. The van der Waals surface area contributed by atoms with Crippen molar-refractivity contribution >= 4 is 23.5 Å². The summed E-state index contributed by atoms with van der Waals surface area (Å²) >= 11 is 1.63. The predicted octanol–water partition coefficient (Wildman–Crippen LogP) is 5.53. The van der Waals surface area contributed by atoms with Crippen molar-refractivity contribution in [2.24, 2.45) is 0 Å². The fourth-order valence-electron chi connectivity index (χ4n) is 4.73. The van der Waals surface area contributed by atoms with E-state index < -0.39 is 5.41 Å². The van der Waals surface area contributed by atoms with Crippen LogP contribution in [0, 0.1) is 0 Å². The Balaban J connectivity index is 1.10. The topological polar surface area (TPSA) is 68.8 Å². The van der Waals surface area contributed by atoms with Gasteiger partial charge >= 0.3 is 0 Å². The number of amides is 1. The summed E-state index contributed by atoms with van der Waals surface area (Å²) in [6.07, 6.45) is 4.29. The summed E-state index contributed by atoms with van der Waals surface area (Å²) in [5.41, 5.74) is 3.47. The van der Waals surface area contributed by atoms with Crippen LogP contribution in [0.5, 0.6) is 11.5 Å². The average Bonchev–Trinajstić information content (AvgIpc) is 3.29. The zero-order chi connectivity index (χ0) is 23.7. The van der Waals surface area contributed by atoms with Crippen molar-refractivity contribution in [2.45, 2.75) is 42.1 Å². The lowest BCUT2D eigenvalue weighted by molar-refractivity contribution is -0.118. The molecule has 7 heteroatoms. The summed E-state index contributed by atoms with van der Waals surface area (Å²) in [6, 6.07) is 22.3. The molecule has 180 valence electrons. The van der Waals surface area contributed by atoms with Gasteiger partial charge in [-0.15, -0.1) is 0 Å². The molecule has 35 heavy (non-hydrogen) atoms. The van der Waals surface area contributed by atoms with E-state index in [1.807, 2.05) is 36.4 Å². The summed E-state index contributed by atoms with van der Waals surface area (Å²) in [5.74, 6) is 1.48. The summed E-state index contributed by atoms with van der Waals surface area (Å²) in [5, 5.41) is 3.15. The maximum absolute atomic E-state index is 13.3. The molecule has 1 atom stereocenters. The molecule has 3 aromatic rings. The highest BCUT2D eigenvalue weighted by Crippen LogP contribution is 2.51. The molecular weight excluding hydrogens is 460 g/mol. The first-order valence-electron chi connectivity index (χ1n) is 12.1. The molecule has 0 spiro atoms. The zero-order valence-electron chi connectivity index (χ0n) is 19.4. The van der Waals surface area contributed by atoms with Gasteiger partial charge in [-0.3, -0.25) is 9.52 Å². The van der Waals surface area contributed by atoms with Gasteiger partial charge in [-0.1, -0.05) is 30.3 Å². The number of nitrogens with one attached hydrogen (secondary N) is 2. The number of hydrogen-bond donors (Lipinski definition) is 2. The van der Waals surface area contributed by atoms with Gasteiger partial charge in [0, 0.05) is 23.7 Å². The molecule has 3 aliphatic rings. The van der Waals surface area contributed by atoms with Gasteiger partial charge in [0.25, 0.3) is 0 Å². The van der Waals surface area contributed by atoms with E-state index in [0.717, 1.165) is 71.9 Å². The van der Waals surface area contributed by atoms with Gasteiger partial charge in [-0.25, -0.2) is 0 Å². The zero-order valence-corrected chi connectivity index (χ0v) is 20.2. The lowest BCUT2D eigenvalue weighted by Crippen LogP contribution is -2.27. The van der Waals surface area contributed by atoms with Crippen molar-refractivity contribution in [1.29, 1.82) is 0 Å². The third kappa shape index (κ3) is 4.76. The summed E-state index contributed by atoms with van der Waals surface area (Å²) in [4.78, 5) is 14.4. The van der Waals surface area contributed by atoms with E-state index in [9.17, 15) is 4.79 Å². The first-order chi connectivity index (χ1) is 17.2. The third-order valence-corrected chi connectivity index (χ3v) is 7.76. The molecule has 0 radical (unpaired) electrons. The van der Waals surface area contributed by atoms with Gasteiger partial charge in [0.05, 0.1) is 11.5 Å². The molecule has 1 aliphatic carbocycles. The molecule has 6 rings (SSSR count). The van der Waals surface area contributed by atoms with Crippen LogP contribution >= 0.6 is 11.9 Å². The number of hydrogen-bond acceptors (Lipinski definition) is 6. The number of carbonyl (C=O) groups is 1. The average molecular weight is 489 g/mol. The number of ether oxygens (including phenoxy) is 3. The quantitative estimate of drug-likeness (QED) is 0.407. The lowest BCUT2D eigenvalue weighted by Gasteiger charge is -2.17. The molecule has 1 saturated carbocycles. The maximum Gasteiger partial charge on any atom is 0.235 e. The highest BCUT2D eigenvalue weighted by Gasteiger charge is 2.51. The van der Waals surface area contributed by atoms with E-state index in [1.165, 1.54) is 0 Å². The van der Waals surface area contributed by atoms with Crippen molar-refractivity contribution in [3.05, 3.63) is 72.3 Å². The van der Waals surface area contributed by atoms with E-state index in [0.29, 0.717) is 11.9 Å². The van der Waals surface area contributed by atoms with Gasteiger partial charge in [0.15, 0.2) is 11.5 Å². The largest absolute Gasteiger partial charge is 0.454 e. The van der Waals surface area contributed by atoms with Gasteiger partial charge < -0.3 is 19.5 Å². The van der Waals surface area contributed by atoms with Crippen LogP contribution in [0.15, 0.2) is 71.6 Å². The third-order valence-electron chi connectivity index (χ3n) is 6.94. The molecule has 0 bridgehead atoms. The number of rotatable bonds is 8. The fraction of sp³-hybridized carbons (Fsp3) is 0.321. The molecule has 2 heterocycles. The molecule has 1 saturated heterocycles. The highest BCUT2D eigenvalue weighted by atomic mass is 32.2. The SMILES string of the molecule is O=C(Nc1cccc(-c2ccc(SNC[C@H]3CCCO3)cc2)c1)C1(c2ccc3c(c2)OCO3)CC1. The summed E-state index contributed by atoms with van der Waals surface area (Å²) in [7, 11) is 0. The van der Waals surface area contributed by atoms with E-state index >= 15 is 0 Å². The normalized spacial score (nSPS) is 19.5. The number of anilines is 1. The van der Waals surface area contributed by atoms with Gasteiger partial charge in [0.2, 0.25) is 12.7 Å². The second-order valence-corrected chi connectivity index (χ2v) is 10.3. The maximum atomic E-state index is 13.3. The van der Waals surface area contributed by atoms with E-state index in [-0.39, 0.29) is 12.7 Å². The standard InChI is InChI=1S/C28H28N2O4S/c31-27(28(12-13-28)21-8-11-25-26(16-21)34-18-33-25)30-22-4-1-3-20(15-22)19-6-9-24(10-7-19)35-29-17-23-5-2-14-32-23/h1,3-4,6-11,15-16,23,29H,2,5,12-14,17-18H2,(H,30,31)/t23-/m1/s1. The Morgan fingerprint density at radius 3 is 2.63 bits per heavy atom. The minimum atomic E-state index is -0.494. The molecule has 3 aromatic carbocycles. The van der Waals surface area contributed by atoms with Crippen LogP contribution in [0.3, 0.4) is 0 Å². The molecule has 2 fully saturated rings. The first kappa shape index (κ1) is 22.5. The first-order valence-corrected chi connectivity index (χ1v) is 12.9. The second kappa shape index (κ2) is 9.57. The molecule has 6 nitrogen and oxygen atoms in total. The Morgan fingerprint density at radius 1 is 0.971 bits per heavy atom. The molecule has 2 N–H and O–H groups in total. The van der Waals surface area contributed by atoms with Crippen molar-refractivity contribution < 1.29 is 19.0 Å². The predicted molar refractivity (Wildman–Crippen MR) is 137 cm³/mol. The minimum Gasteiger partial charge on any atom is -0.454 e. The molecule has 2 aliphatic heterocycles. The highest BCUT2D eigenvalue weighted by molar-refractivity contribution is 7.97. The second-order valence-electron chi connectivity index (χ2n) is 9.30. The van der Waals surface area contributed by atoms with Crippen LogP contribution in [0.1, 0.15) is 31.2 Å². The summed E-state index contributed by atoms with van der Waals surface area (Å²) < 4.78 is 20.0. The van der Waals surface area contributed by atoms with Crippen LogP contribution in [0.25, 0.3) is 11.1 Å². The summed E-state index contributed by atoms with van der Waals surface area (Å²) in [6.45, 7) is 1.98. The smallest absolute Gasteiger partial charge is 0.235 e. The Labute approximate surface area is 209 Å². The van der Waals surface area contributed by atoms with Crippen LogP contribution in [-0.2, 0) is 14.9 Å². The molecular formula is C28H28N2O4S. The Morgan fingerprint density at radius 2 is 1.83 bits per heavy atom. The van der Waals surface area contributed by atoms with E-state index in [4.69, 9.17) is 14.2 Å². The van der Waals surface area contributed by atoms with E-state index in [1.54, 1.807) is 11.9 Å². The number of benzene rings is 3. The minimum absolute atomic E-state index is 0.0255. The van der Waals surface area contributed by atoms with Crippen LogP contribution < -0.4 is 19.5 Å². The van der Waals surface area contributed by atoms with Crippen LogP contribution in [0.2, 0.25) is 0 Å². The fourth-order valence-corrected chi connectivity index (χ4v) is 5.44. The number of carbonyl (C=O) groups excluding carboxylic acids is 1. The van der Waals surface area contributed by atoms with Gasteiger partial charge in [0.1, 0.15) is 0 Å². The van der Waals surface area contributed by atoms with Crippen LogP contribution in [0.4, 0.5) is 5.69 Å². The van der Waals surface area contributed by atoms with Crippen molar-refractivity contribution in [2.75, 3.05) is 25.3 Å². The molecule has 0 unspecified atom stereocenters. The Kier molecular flexibility index (Phi) is 6.14. The van der Waals surface area contributed by atoms with Crippen molar-refractivity contribution in [3.63, 3.8) is 0 Å². The lowest BCUT2D eigenvalue weighted by atomic mass is 9.94. The molecule has 1 amide bonds.